The van der Waals surface area contributed by atoms with Crippen LogP contribution >= 0.6 is 0 Å². The van der Waals surface area contributed by atoms with E-state index in [2.05, 4.69) is 4.74 Å². The average molecular weight is 187 g/mol. The number of aliphatic hydroxyl groups is 1. The van der Waals surface area contributed by atoms with Crippen LogP contribution in [0.1, 0.15) is 0 Å². The Labute approximate surface area is 66.1 Å². The molecule has 0 aromatic heterocycles. The van der Waals surface area contributed by atoms with Crippen LogP contribution in [0.3, 0.4) is 0 Å². The molecule has 0 saturated heterocycles. The SMILES string of the molecule is COC(=O)[C@H](N)[C@H](O)C(F)(F)F. The van der Waals surface area contributed by atoms with Gasteiger partial charge in [-0.3, -0.25) is 4.79 Å². The number of nitrogens with two attached hydrogens (primary N) is 1. The lowest BCUT2D eigenvalue weighted by molar-refractivity contribution is -0.213. The minimum Gasteiger partial charge on any atom is -0.468 e. The molecule has 3 N–H and O–H groups in total. The lowest BCUT2D eigenvalue weighted by Gasteiger charge is -2.18. The quantitative estimate of drug-likeness (QED) is 0.567. The summed E-state index contributed by atoms with van der Waals surface area (Å²) < 4.78 is 38.9. The fourth-order valence-electron chi connectivity index (χ4n) is 0.469. The Morgan fingerprint density at radius 1 is 1.58 bits per heavy atom. The predicted molar refractivity (Wildman–Crippen MR) is 32.1 cm³/mol. The highest BCUT2D eigenvalue weighted by molar-refractivity contribution is 5.76. The van der Waals surface area contributed by atoms with E-state index in [-0.39, 0.29) is 0 Å². The molecule has 0 saturated carbocycles. The van der Waals surface area contributed by atoms with Crippen molar-refractivity contribution in [3.05, 3.63) is 0 Å². The third-order valence-corrected chi connectivity index (χ3v) is 1.15. The second kappa shape index (κ2) is 3.72. The molecule has 0 aliphatic heterocycles. The average Bonchev–Trinajstić information content (AvgIpc) is 1.98. The van der Waals surface area contributed by atoms with Crippen molar-refractivity contribution < 1.29 is 27.8 Å². The van der Waals surface area contributed by atoms with Gasteiger partial charge in [0, 0.05) is 0 Å². The van der Waals surface area contributed by atoms with Gasteiger partial charge >= 0.3 is 12.1 Å². The van der Waals surface area contributed by atoms with Crippen molar-refractivity contribution in [1.29, 1.82) is 0 Å². The summed E-state index contributed by atoms with van der Waals surface area (Å²) >= 11 is 0. The summed E-state index contributed by atoms with van der Waals surface area (Å²) in [6.07, 6.45) is -7.79. The van der Waals surface area contributed by atoms with Crippen molar-refractivity contribution in [2.75, 3.05) is 7.11 Å². The lowest BCUT2D eigenvalue weighted by atomic mass is 10.2. The molecule has 4 nitrogen and oxygen atoms in total. The van der Waals surface area contributed by atoms with E-state index in [1.165, 1.54) is 0 Å². The molecule has 0 aromatic carbocycles. The predicted octanol–water partition coefficient (Wildman–Crippen LogP) is -0.590. The van der Waals surface area contributed by atoms with Crippen molar-refractivity contribution in [3.8, 4) is 0 Å². The third-order valence-electron chi connectivity index (χ3n) is 1.15. The Balaban J connectivity index is 4.29. The second-order valence-corrected chi connectivity index (χ2v) is 2.04. The first kappa shape index (κ1) is 11.2. The number of ether oxygens (including phenoxy) is 1. The molecular formula is C5H8F3NO3. The van der Waals surface area contributed by atoms with Crippen molar-refractivity contribution in [2.24, 2.45) is 5.73 Å². The number of halogens is 3. The number of esters is 1. The zero-order chi connectivity index (χ0) is 9.94. The smallest absolute Gasteiger partial charge is 0.416 e. The maximum absolute atomic E-state index is 11.7. The molecule has 0 amide bonds. The van der Waals surface area contributed by atoms with Gasteiger partial charge in [-0.05, 0) is 0 Å². The van der Waals surface area contributed by atoms with Gasteiger partial charge in [-0.1, -0.05) is 0 Å². The van der Waals surface area contributed by atoms with E-state index in [1.54, 1.807) is 0 Å². The largest absolute Gasteiger partial charge is 0.468 e. The molecule has 0 radical (unpaired) electrons. The highest BCUT2D eigenvalue weighted by Crippen LogP contribution is 2.21. The molecule has 12 heavy (non-hydrogen) atoms. The van der Waals surface area contributed by atoms with E-state index >= 15 is 0 Å². The van der Waals surface area contributed by atoms with E-state index in [0.29, 0.717) is 0 Å². The molecular weight excluding hydrogens is 179 g/mol. The van der Waals surface area contributed by atoms with Crippen molar-refractivity contribution in [3.63, 3.8) is 0 Å². The summed E-state index contributed by atoms with van der Waals surface area (Å²) in [4.78, 5) is 10.4. The van der Waals surface area contributed by atoms with Crippen molar-refractivity contribution >= 4 is 5.97 Å². The Kier molecular flexibility index (Phi) is 3.47. The summed E-state index contributed by atoms with van der Waals surface area (Å²) in [7, 11) is 0.880. The summed E-state index contributed by atoms with van der Waals surface area (Å²) in [6, 6.07) is -2.09. The molecule has 0 aromatic rings. The Morgan fingerprint density at radius 2 is 2.00 bits per heavy atom. The van der Waals surface area contributed by atoms with Gasteiger partial charge in [0.15, 0.2) is 6.10 Å². The minimum absolute atomic E-state index is 0.880. The molecule has 0 rings (SSSR count). The maximum atomic E-state index is 11.7. The Morgan fingerprint density at radius 3 is 2.25 bits per heavy atom. The maximum Gasteiger partial charge on any atom is 0.416 e. The van der Waals surface area contributed by atoms with Gasteiger partial charge in [0.25, 0.3) is 0 Å². The summed E-state index contributed by atoms with van der Waals surface area (Å²) in [5.41, 5.74) is 4.71. The van der Waals surface area contributed by atoms with Gasteiger partial charge < -0.3 is 15.6 Å². The fraction of sp³-hybridized carbons (Fsp3) is 0.800. The van der Waals surface area contributed by atoms with Crippen LogP contribution in [-0.4, -0.2) is 36.5 Å². The van der Waals surface area contributed by atoms with Crippen molar-refractivity contribution in [1.82, 2.24) is 0 Å². The van der Waals surface area contributed by atoms with Crippen molar-refractivity contribution in [2.45, 2.75) is 18.3 Å². The first-order chi connectivity index (χ1) is 5.30. The number of alkyl halides is 3. The van der Waals surface area contributed by atoms with Gasteiger partial charge in [0.2, 0.25) is 0 Å². The van der Waals surface area contributed by atoms with Crippen LogP contribution < -0.4 is 5.73 Å². The van der Waals surface area contributed by atoms with Gasteiger partial charge in [0.1, 0.15) is 6.04 Å². The fourth-order valence-corrected chi connectivity index (χ4v) is 0.469. The van der Waals surface area contributed by atoms with Gasteiger partial charge in [-0.25, -0.2) is 0 Å². The number of carbonyl (C=O) groups is 1. The summed E-state index contributed by atoms with van der Waals surface area (Å²) in [6.45, 7) is 0. The van der Waals surface area contributed by atoms with Crippen LogP contribution in [0.25, 0.3) is 0 Å². The van der Waals surface area contributed by atoms with E-state index in [0.717, 1.165) is 7.11 Å². The third kappa shape index (κ3) is 2.67. The number of hydrogen-bond donors (Lipinski definition) is 2. The topological polar surface area (TPSA) is 72.5 Å². The van der Waals surface area contributed by atoms with Crippen LogP contribution in [0.5, 0.6) is 0 Å². The van der Waals surface area contributed by atoms with Gasteiger partial charge in [0.05, 0.1) is 7.11 Å². The van der Waals surface area contributed by atoms with Crippen LogP contribution in [-0.2, 0) is 9.53 Å². The minimum atomic E-state index is -4.91. The first-order valence-corrected chi connectivity index (χ1v) is 2.89. The molecule has 72 valence electrons. The van der Waals surface area contributed by atoms with Crippen LogP contribution in [0.4, 0.5) is 13.2 Å². The van der Waals surface area contributed by atoms with Crippen LogP contribution in [0.2, 0.25) is 0 Å². The van der Waals surface area contributed by atoms with Crippen LogP contribution in [0.15, 0.2) is 0 Å². The summed E-state index contributed by atoms with van der Waals surface area (Å²) in [5, 5.41) is 8.40. The Hall–Kier alpha value is -0.820. The molecule has 0 aliphatic carbocycles. The molecule has 0 bridgehead atoms. The number of methoxy groups -OCH3 is 1. The van der Waals surface area contributed by atoms with E-state index in [1.807, 2.05) is 0 Å². The molecule has 0 unspecified atom stereocenters. The Bertz CT molecular complexity index is 170. The molecule has 0 aliphatic rings. The molecule has 2 atom stereocenters. The number of hydrogen-bond acceptors (Lipinski definition) is 4. The highest BCUT2D eigenvalue weighted by atomic mass is 19.4. The van der Waals surface area contributed by atoms with Crippen LogP contribution in [0, 0.1) is 0 Å². The first-order valence-electron chi connectivity index (χ1n) is 2.89. The monoisotopic (exact) mass is 187 g/mol. The van der Waals surface area contributed by atoms with E-state index < -0.39 is 24.3 Å². The summed E-state index contributed by atoms with van der Waals surface area (Å²) in [5.74, 6) is -1.31. The number of rotatable bonds is 2. The molecule has 0 spiro atoms. The standard InChI is InChI=1S/C5H8F3NO3/c1-12-4(11)2(9)3(10)5(6,7)8/h2-3,10H,9H2,1H3/t2-,3+/m1/s1. The van der Waals surface area contributed by atoms with E-state index in [4.69, 9.17) is 10.8 Å². The lowest BCUT2D eigenvalue weighted by Crippen LogP contribution is -2.50. The number of carbonyl (C=O) groups excluding carboxylic acids is 1. The zero-order valence-electron chi connectivity index (χ0n) is 6.13. The van der Waals surface area contributed by atoms with Gasteiger partial charge in [-0.2, -0.15) is 13.2 Å². The second-order valence-electron chi connectivity index (χ2n) is 2.04. The molecule has 0 fully saturated rings. The molecule has 7 heteroatoms. The van der Waals surface area contributed by atoms with Gasteiger partial charge in [-0.15, -0.1) is 0 Å². The highest BCUT2D eigenvalue weighted by Gasteiger charge is 2.45. The molecule has 0 heterocycles. The number of aliphatic hydroxyl groups excluding tert-OH is 1. The van der Waals surface area contributed by atoms with E-state index in [9.17, 15) is 18.0 Å². The zero-order valence-corrected chi connectivity index (χ0v) is 6.13. The normalized spacial score (nSPS) is 16.8.